The zero-order chi connectivity index (χ0) is 61.0. The van der Waals surface area contributed by atoms with Crippen molar-refractivity contribution in [3.63, 3.8) is 0 Å². The minimum Gasteiger partial charge on any atom is -0.479 e. The van der Waals surface area contributed by atoms with Gasteiger partial charge in [-0.3, -0.25) is 19.4 Å². The maximum Gasteiger partial charge on any atom is 0.334 e. The molecular weight excluding hydrogens is 1110 g/mol. The van der Waals surface area contributed by atoms with Crippen LogP contribution in [0.4, 0.5) is 21.0 Å². The van der Waals surface area contributed by atoms with Crippen molar-refractivity contribution >= 4 is 58.8 Å². The first kappa shape index (κ1) is 63.2. The number of aliphatic carboxylic acids is 2. The fraction of sp³-hybridized carbons (Fsp3) is 0.304. The fourth-order valence-corrected chi connectivity index (χ4v) is 11.0. The Bertz CT molecular complexity index is 3360. The number of nitrogens with zero attached hydrogens (tertiary/aromatic N) is 2. The molecule has 7 aromatic rings. The van der Waals surface area contributed by atoms with Crippen molar-refractivity contribution in [2.24, 2.45) is 0 Å². The quantitative estimate of drug-likeness (QED) is 0.0339. The number of amides is 6. The van der Waals surface area contributed by atoms with Crippen LogP contribution < -0.4 is 31.1 Å². The molecule has 8 N–H and O–H groups in total. The highest BCUT2D eigenvalue weighted by Gasteiger charge is 2.24. The number of urea groups is 2. The highest BCUT2D eigenvalue weighted by Crippen LogP contribution is 2.35. The van der Waals surface area contributed by atoms with Crippen LogP contribution in [-0.2, 0) is 29.2 Å². The van der Waals surface area contributed by atoms with Crippen molar-refractivity contribution in [3.05, 3.63) is 225 Å². The molecular formula is C69H75ClN6O10. The highest BCUT2D eigenvalue weighted by molar-refractivity contribution is 6.30. The number of anilines is 2. The Labute approximate surface area is 507 Å². The first-order valence-electron chi connectivity index (χ1n) is 29.4. The van der Waals surface area contributed by atoms with Gasteiger partial charge in [-0.1, -0.05) is 165 Å². The van der Waals surface area contributed by atoms with Gasteiger partial charge in [-0.25, -0.2) is 19.2 Å². The van der Waals surface area contributed by atoms with E-state index in [1.807, 2.05) is 79.7 Å². The molecule has 16 nitrogen and oxygen atoms in total. The van der Waals surface area contributed by atoms with Crippen LogP contribution in [0.1, 0.15) is 143 Å². The van der Waals surface area contributed by atoms with Gasteiger partial charge < -0.3 is 41.7 Å². The fourth-order valence-electron chi connectivity index (χ4n) is 10.9. The molecule has 3 unspecified atom stereocenters. The lowest BCUT2D eigenvalue weighted by Gasteiger charge is -2.27. The van der Waals surface area contributed by atoms with Gasteiger partial charge in [0.2, 0.25) is 0 Å². The first-order chi connectivity index (χ1) is 41.6. The third kappa shape index (κ3) is 18.1. The number of aliphatic hydroxyl groups is 2. The Morgan fingerprint density at radius 1 is 0.500 bits per heavy atom. The molecule has 0 radical (unpaired) electrons. The lowest BCUT2D eigenvalue weighted by molar-refractivity contribution is -0.147. The second-order valence-electron chi connectivity index (χ2n) is 22.0. The SMILES string of the molecule is CC(NC(=O)N(Cc1ccc(C(=O)NCC(O)C(=O)O)cc1)c1ccc(C2CCCCC2)cc1)c1ccc(Cl)cc1.O=C(NCC(O)C(=O)O)c1ccc(CN(C(=O)NCc2ccccc2-c2ccccc2)c2ccc(C3CCCCC3)cc2)cc1. The molecule has 0 heterocycles. The largest absolute Gasteiger partial charge is 0.479 e. The number of halogens is 1. The molecule has 86 heavy (non-hydrogen) atoms. The summed E-state index contributed by atoms with van der Waals surface area (Å²) in [4.78, 5) is 77.3. The Morgan fingerprint density at radius 2 is 0.930 bits per heavy atom. The van der Waals surface area contributed by atoms with Gasteiger partial charge in [0.15, 0.2) is 12.2 Å². The number of hydrogen-bond acceptors (Lipinski definition) is 8. The van der Waals surface area contributed by atoms with Gasteiger partial charge in [0, 0.05) is 34.1 Å². The summed E-state index contributed by atoms with van der Waals surface area (Å²) in [5.74, 6) is -2.69. The average molecular weight is 1180 g/mol. The minimum absolute atomic E-state index is 0.243. The van der Waals surface area contributed by atoms with Crippen LogP contribution in [0.3, 0.4) is 0 Å². The van der Waals surface area contributed by atoms with Crippen LogP contribution in [0.2, 0.25) is 5.02 Å². The number of carboxylic acid groups (broad SMARTS) is 2. The van der Waals surface area contributed by atoms with Crippen LogP contribution >= 0.6 is 11.6 Å². The summed E-state index contributed by atoms with van der Waals surface area (Å²) in [5.41, 5.74) is 10.5. The van der Waals surface area contributed by atoms with Crippen LogP contribution in [0, 0.1) is 0 Å². The molecule has 2 aliphatic rings. The summed E-state index contributed by atoms with van der Waals surface area (Å²) < 4.78 is 0. The maximum absolute atomic E-state index is 13.8. The summed E-state index contributed by atoms with van der Waals surface area (Å²) in [6.45, 7) is 2.01. The average Bonchev–Trinajstić information content (AvgIpc) is 2.84. The van der Waals surface area contributed by atoms with E-state index < -0.39 is 49.1 Å². The molecule has 17 heteroatoms. The van der Waals surface area contributed by atoms with Gasteiger partial charge in [0.25, 0.3) is 11.8 Å². The van der Waals surface area contributed by atoms with Crippen LogP contribution in [0.25, 0.3) is 11.1 Å². The number of aliphatic hydroxyl groups excluding tert-OH is 2. The normalized spacial score (nSPS) is 14.4. The maximum atomic E-state index is 13.8. The number of carbonyl (C=O) groups is 6. The van der Waals surface area contributed by atoms with Crippen molar-refractivity contribution in [1.82, 2.24) is 21.3 Å². The summed E-state index contributed by atoms with van der Waals surface area (Å²) in [6, 6.07) is 54.7. The Hall–Kier alpha value is -8.83. The van der Waals surface area contributed by atoms with E-state index in [1.54, 1.807) is 70.5 Å². The number of hydrogen-bond donors (Lipinski definition) is 8. The Morgan fingerprint density at radius 3 is 1.38 bits per heavy atom. The highest BCUT2D eigenvalue weighted by atomic mass is 35.5. The van der Waals surface area contributed by atoms with Crippen LogP contribution in [0.5, 0.6) is 0 Å². The molecule has 0 bridgehead atoms. The van der Waals surface area contributed by atoms with Crippen molar-refractivity contribution in [3.8, 4) is 11.1 Å². The number of nitrogens with one attached hydrogen (secondary N) is 4. The molecule has 6 amide bonds. The van der Waals surface area contributed by atoms with Crippen molar-refractivity contribution in [2.75, 3.05) is 22.9 Å². The van der Waals surface area contributed by atoms with E-state index in [-0.39, 0.29) is 31.2 Å². The zero-order valence-electron chi connectivity index (χ0n) is 48.2. The van der Waals surface area contributed by atoms with Crippen LogP contribution in [-0.4, -0.2) is 81.5 Å². The van der Waals surface area contributed by atoms with Gasteiger partial charge in [0.05, 0.1) is 32.2 Å². The molecule has 3 atom stereocenters. The Balaban J connectivity index is 0.000000225. The predicted molar refractivity (Wildman–Crippen MR) is 334 cm³/mol. The third-order valence-electron chi connectivity index (χ3n) is 15.9. The van der Waals surface area contributed by atoms with E-state index in [9.17, 15) is 39.0 Å². The van der Waals surface area contributed by atoms with Crippen molar-refractivity contribution in [1.29, 1.82) is 0 Å². The predicted octanol–water partition coefficient (Wildman–Crippen LogP) is 12.5. The third-order valence-corrected chi connectivity index (χ3v) is 16.1. The summed E-state index contributed by atoms with van der Waals surface area (Å²) in [7, 11) is 0. The van der Waals surface area contributed by atoms with Gasteiger partial charge in [-0.2, -0.15) is 0 Å². The second kappa shape index (κ2) is 31.4. The van der Waals surface area contributed by atoms with E-state index in [0.717, 1.165) is 44.8 Å². The van der Waals surface area contributed by atoms with E-state index in [0.29, 0.717) is 34.5 Å². The molecule has 2 fully saturated rings. The molecule has 0 aromatic heterocycles. The minimum atomic E-state index is -1.68. The molecule has 2 aliphatic carbocycles. The molecule has 0 spiro atoms. The molecule has 0 aliphatic heterocycles. The monoisotopic (exact) mass is 1180 g/mol. The second-order valence-corrected chi connectivity index (χ2v) is 22.4. The smallest absolute Gasteiger partial charge is 0.334 e. The van der Waals surface area contributed by atoms with Crippen molar-refractivity contribution < 1.29 is 49.2 Å². The molecule has 0 saturated heterocycles. The van der Waals surface area contributed by atoms with Gasteiger partial charge in [-0.05, 0) is 150 Å². The van der Waals surface area contributed by atoms with E-state index in [4.69, 9.17) is 21.8 Å². The van der Waals surface area contributed by atoms with E-state index >= 15 is 0 Å². The number of benzene rings is 7. The molecule has 448 valence electrons. The number of rotatable bonds is 21. The van der Waals surface area contributed by atoms with Gasteiger partial charge >= 0.3 is 24.0 Å². The first-order valence-corrected chi connectivity index (χ1v) is 29.8. The Kier molecular flexibility index (Phi) is 23.0. The summed E-state index contributed by atoms with van der Waals surface area (Å²) >= 11 is 6.03. The number of carboxylic acids is 2. The topological polar surface area (TPSA) is 238 Å². The summed E-state index contributed by atoms with van der Waals surface area (Å²) in [6.07, 6.45) is 9.00. The van der Waals surface area contributed by atoms with E-state index in [2.05, 4.69) is 63.7 Å². The zero-order valence-corrected chi connectivity index (χ0v) is 49.0. The molecule has 9 rings (SSSR count). The lowest BCUT2D eigenvalue weighted by Crippen LogP contribution is -2.40. The molecule has 7 aromatic carbocycles. The number of carbonyl (C=O) groups excluding carboxylic acids is 4. The van der Waals surface area contributed by atoms with Gasteiger partial charge in [0.1, 0.15) is 0 Å². The van der Waals surface area contributed by atoms with Gasteiger partial charge in [-0.15, -0.1) is 0 Å². The van der Waals surface area contributed by atoms with Crippen molar-refractivity contribution in [2.45, 2.75) is 121 Å². The van der Waals surface area contributed by atoms with Crippen LogP contribution in [0.15, 0.2) is 176 Å². The molecule has 2 saturated carbocycles. The van der Waals surface area contributed by atoms with E-state index in [1.165, 1.54) is 75.3 Å². The standard InChI is InChI=1S/C37H39N3O5.C32H36ClN3O5/c41-34(36(43)44)24-38-35(42)30-17-15-26(16-18-30)25-40(32-21-19-28(20-22-32)27-9-3-1-4-10-27)37(45)39-23-31-13-7-8-14-33(31)29-11-5-2-6-12-29;1-21(23-11-15-27(33)16-12-23)35-32(41)36(28-17-13-25(14-18-28)24-5-3-2-4-6-24)20-22-7-9-26(10-8-22)30(38)34-19-29(37)31(39)40/h2,5-8,11-22,27,34,41H,1,3-4,9-10,23-25H2,(H,38,42)(H,39,45)(H,43,44);7-18,21,24,29,37H,2-6,19-20H2,1H3,(H,34,38)(H,35,41)(H,39,40). The lowest BCUT2D eigenvalue weighted by atomic mass is 9.84. The summed E-state index contributed by atoms with van der Waals surface area (Å²) in [5, 5.41) is 48.1.